The number of likely N-dealkylation sites (tertiary alicyclic amines) is 1. The molecule has 104 valence electrons. The lowest BCUT2D eigenvalue weighted by Crippen LogP contribution is -2.55. The zero-order valence-corrected chi connectivity index (χ0v) is 10.0. The van der Waals surface area contributed by atoms with E-state index in [-0.39, 0.29) is 17.7 Å². The summed E-state index contributed by atoms with van der Waals surface area (Å²) >= 11 is 0. The van der Waals surface area contributed by atoms with Crippen LogP contribution in [0.1, 0.15) is 18.4 Å². The number of nitrogens with zero attached hydrogens (tertiary/aromatic N) is 1. The number of halogens is 3. The van der Waals surface area contributed by atoms with Crippen molar-refractivity contribution < 1.29 is 27.8 Å². The van der Waals surface area contributed by atoms with Crippen molar-refractivity contribution in [2.24, 2.45) is 0 Å². The minimum Gasteiger partial charge on any atom is -0.465 e. The molecule has 0 radical (unpaired) electrons. The van der Waals surface area contributed by atoms with E-state index in [1.54, 1.807) is 6.92 Å². The maximum atomic E-state index is 12.0. The molecule has 1 fully saturated rings. The van der Waals surface area contributed by atoms with E-state index in [0.29, 0.717) is 6.54 Å². The predicted octanol–water partition coefficient (Wildman–Crippen LogP) is 3.05. The second-order valence-electron chi connectivity index (χ2n) is 4.40. The number of ether oxygens (including phenoxy) is 1. The first-order valence-corrected chi connectivity index (χ1v) is 5.63. The molecule has 2 atom stereocenters. The number of carbonyl (C=O) groups is 1. The number of amides is 1. The largest absolute Gasteiger partial charge is 0.573 e. The average molecular weight is 275 g/mol. The van der Waals surface area contributed by atoms with Gasteiger partial charge in [-0.05, 0) is 24.6 Å². The lowest BCUT2D eigenvalue weighted by atomic mass is 9.84. The molecule has 19 heavy (non-hydrogen) atoms. The Morgan fingerprint density at radius 3 is 2.37 bits per heavy atom. The molecule has 0 bridgehead atoms. The summed E-state index contributed by atoms with van der Waals surface area (Å²) in [4.78, 5) is 12.0. The summed E-state index contributed by atoms with van der Waals surface area (Å²) in [5, 5.41) is 8.82. The molecule has 1 aromatic rings. The monoisotopic (exact) mass is 275 g/mol. The second kappa shape index (κ2) is 4.64. The Kier molecular flexibility index (Phi) is 3.30. The molecule has 1 saturated heterocycles. The Morgan fingerprint density at radius 1 is 1.37 bits per heavy atom. The van der Waals surface area contributed by atoms with Gasteiger partial charge in [0.05, 0.1) is 0 Å². The van der Waals surface area contributed by atoms with Gasteiger partial charge in [-0.1, -0.05) is 12.1 Å². The molecule has 1 aliphatic heterocycles. The summed E-state index contributed by atoms with van der Waals surface area (Å²) in [6, 6.07) is 5.35. The molecule has 0 aliphatic carbocycles. The third-order valence-corrected chi connectivity index (χ3v) is 3.25. The van der Waals surface area contributed by atoms with E-state index in [1.165, 1.54) is 29.2 Å². The highest BCUT2D eigenvalue weighted by Gasteiger charge is 2.39. The molecule has 2 unspecified atom stereocenters. The van der Waals surface area contributed by atoms with Gasteiger partial charge in [0.15, 0.2) is 0 Å². The fourth-order valence-electron chi connectivity index (χ4n) is 2.16. The minimum atomic E-state index is -4.70. The van der Waals surface area contributed by atoms with Gasteiger partial charge in [-0.25, -0.2) is 4.79 Å². The molecular formula is C12H12F3NO3. The van der Waals surface area contributed by atoms with Crippen LogP contribution in [0, 0.1) is 0 Å². The van der Waals surface area contributed by atoms with Crippen LogP contribution in [0.4, 0.5) is 18.0 Å². The van der Waals surface area contributed by atoms with Gasteiger partial charge in [-0.15, -0.1) is 13.2 Å². The Morgan fingerprint density at radius 2 is 1.95 bits per heavy atom. The van der Waals surface area contributed by atoms with Crippen LogP contribution in [0.3, 0.4) is 0 Å². The van der Waals surface area contributed by atoms with Crippen LogP contribution in [0.25, 0.3) is 0 Å². The number of rotatable bonds is 2. The Bertz CT molecular complexity index is 472. The molecule has 1 amide bonds. The lowest BCUT2D eigenvalue weighted by Gasteiger charge is -2.44. The van der Waals surface area contributed by atoms with Gasteiger partial charge in [0.2, 0.25) is 0 Å². The van der Waals surface area contributed by atoms with Crippen molar-refractivity contribution in [3.63, 3.8) is 0 Å². The van der Waals surface area contributed by atoms with E-state index in [4.69, 9.17) is 5.11 Å². The molecule has 0 saturated carbocycles. The normalized spacial score (nSPS) is 22.8. The lowest BCUT2D eigenvalue weighted by molar-refractivity contribution is -0.274. The van der Waals surface area contributed by atoms with Gasteiger partial charge < -0.3 is 14.7 Å². The van der Waals surface area contributed by atoms with Crippen molar-refractivity contribution in [1.82, 2.24) is 4.90 Å². The minimum absolute atomic E-state index is 0.0102. The van der Waals surface area contributed by atoms with Crippen LogP contribution < -0.4 is 4.74 Å². The summed E-state index contributed by atoms with van der Waals surface area (Å²) in [5.74, 6) is -0.269. The first-order valence-electron chi connectivity index (χ1n) is 5.63. The number of carboxylic acid groups (broad SMARTS) is 1. The molecule has 1 heterocycles. The first kappa shape index (κ1) is 13.5. The molecule has 2 rings (SSSR count). The van der Waals surface area contributed by atoms with Gasteiger partial charge in [-0.3, -0.25) is 0 Å². The fourth-order valence-corrected chi connectivity index (χ4v) is 2.16. The van der Waals surface area contributed by atoms with Crippen LogP contribution in [-0.2, 0) is 0 Å². The zero-order valence-electron chi connectivity index (χ0n) is 10.0. The first-order chi connectivity index (χ1) is 8.78. The Labute approximate surface area is 107 Å². The molecule has 1 N–H and O–H groups in total. The van der Waals surface area contributed by atoms with E-state index >= 15 is 0 Å². The molecule has 0 aromatic heterocycles. The summed E-state index contributed by atoms with van der Waals surface area (Å²) in [6.45, 7) is 2.12. The SMILES string of the molecule is CC1C(c2ccc(OC(F)(F)F)cc2)CN1C(=O)O. The highest BCUT2D eigenvalue weighted by molar-refractivity contribution is 5.67. The zero-order chi connectivity index (χ0) is 14.2. The standard InChI is InChI=1S/C12H12F3NO3/c1-7-10(6-16(7)11(17)18)8-2-4-9(5-3-8)19-12(13,14)15/h2-5,7,10H,6H2,1H3,(H,17,18). The number of benzene rings is 1. The number of alkyl halides is 3. The molecule has 7 heteroatoms. The maximum Gasteiger partial charge on any atom is 0.573 e. The van der Waals surface area contributed by atoms with Crippen LogP contribution in [0.2, 0.25) is 0 Å². The Balaban J connectivity index is 2.02. The van der Waals surface area contributed by atoms with Crippen LogP contribution in [0.5, 0.6) is 5.75 Å². The van der Waals surface area contributed by atoms with Crippen LogP contribution in [0.15, 0.2) is 24.3 Å². The van der Waals surface area contributed by atoms with Gasteiger partial charge >= 0.3 is 12.5 Å². The molecule has 0 spiro atoms. The average Bonchev–Trinajstić information content (AvgIpc) is 2.27. The predicted molar refractivity (Wildman–Crippen MR) is 60.1 cm³/mol. The van der Waals surface area contributed by atoms with Crippen molar-refractivity contribution in [2.75, 3.05) is 6.54 Å². The van der Waals surface area contributed by atoms with Crippen LogP contribution >= 0.6 is 0 Å². The third kappa shape index (κ3) is 2.91. The Hall–Kier alpha value is -1.92. The molecule has 4 nitrogen and oxygen atoms in total. The van der Waals surface area contributed by atoms with Crippen molar-refractivity contribution in [3.8, 4) is 5.75 Å². The summed E-state index contributed by atoms with van der Waals surface area (Å²) in [7, 11) is 0. The van der Waals surface area contributed by atoms with Crippen molar-refractivity contribution in [3.05, 3.63) is 29.8 Å². The highest BCUT2D eigenvalue weighted by atomic mass is 19.4. The third-order valence-electron chi connectivity index (χ3n) is 3.25. The van der Waals surface area contributed by atoms with Gasteiger partial charge in [0.1, 0.15) is 5.75 Å². The maximum absolute atomic E-state index is 12.0. The van der Waals surface area contributed by atoms with Crippen LogP contribution in [-0.4, -0.2) is 35.0 Å². The van der Waals surface area contributed by atoms with Gasteiger partial charge in [0, 0.05) is 18.5 Å². The van der Waals surface area contributed by atoms with Crippen molar-refractivity contribution in [1.29, 1.82) is 0 Å². The van der Waals surface area contributed by atoms with E-state index < -0.39 is 12.5 Å². The van der Waals surface area contributed by atoms with E-state index in [0.717, 1.165) is 5.56 Å². The summed E-state index contributed by atoms with van der Waals surface area (Å²) in [6.07, 6.45) is -5.69. The number of hydrogen-bond donors (Lipinski definition) is 1. The van der Waals surface area contributed by atoms with Crippen molar-refractivity contribution >= 4 is 6.09 Å². The molecule has 1 aliphatic rings. The second-order valence-corrected chi connectivity index (χ2v) is 4.40. The summed E-state index contributed by atoms with van der Waals surface area (Å²) < 4.78 is 39.7. The number of hydrogen-bond acceptors (Lipinski definition) is 2. The molecule has 1 aromatic carbocycles. The van der Waals surface area contributed by atoms with Gasteiger partial charge in [-0.2, -0.15) is 0 Å². The topological polar surface area (TPSA) is 49.8 Å². The molecular weight excluding hydrogens is 263 g/mol. The van der Waals surface area contributed by atoms with E-state index in [1.807, 2.05) is 0 Å². The smallest absolute Gasteiger partial charge is 0.465 e. The quantitative estimate of drug-likeness (QED) is 0.902. The van der Waals surface area contributed by atoms with E-state index in [9.17, 15) is 18.0 Å². The van der Waals surface area contributed by atoms with Crippen molar-refractivity contribution in [2.45, 2.75) is 25.2 Å². The highest BCUT2D eigenvalue weighted by Crippen LogP contribution is 2.35. The fraction of sp³-hybridized carbons (Fsp3) is 0.417. The van der Waals surface area contributed by atoms with E-state index in [2.05, 4.69) is 4.74 Å². The van der Waals surface area contributed by atoms with Gasteiger partial charge in [0.25, 0.3) is 0 Å². The summed E-state index contributed by atoms with van der Waals surface area (Å²) in [5.41, 5.74) is 0.805.